The van der Waals surface area contributed by atoms with Crippen LogP contribution in [0.4, 0.5) is 0 Å². The average Bonchev–Trinajstić information content (AvgIpc) is 3.55. The van der Waals surface area contributed by atoms with Crippen molar-refractivity contribution in [2.24, 2.45) is 0 Å². The number of nitrogens with zero attached hydrogens (tertiary/aromatic N) is 8. The molecule has 0 aliphatic heterocycles. The number of aromatic nitrogens is 8. The molecule has 0 bridgehead atoms. The third-order valence-corrected chi connectivity index (χ3v) is 5.36. The zero-order valence-electron chi connectivity index (χ0n) is 18.5. The SMILES string of the molecule is C=Cc1ccc(Cn2nnc(-c3cccc(-c4nnn(Cc5ccc(C=C)cc5)n4)c3)n2)cc1. The Labute approximate surface area is 196 Å². The highest BCUT2D eigenvalue weighted by molar-refractivity contribution is 5.65. The van der Waals surface area contributed by atoms with Crippen LogP contribution in [-0.2, 0) is 13.1 Å². The van der Waals surface area contributed by atoms with E-state index in [0.717, 1.165) is 33.4 Å². The lowest BCUT2D eigenvalue weighted by Crippen LogP contribution is -2.04. The quantitative estimate of drug-likeness (QED) is 0.352. The Hall–Kier alpha value is -4.72. The summed E-state index contributed by atoms with van der Waals surface area (Å²) in [5.41, 5.74) is 5.99. The molecular weight excluding hydrogens is 424 g/mol. The molecule has 34 heavy (non-hydrogen) atoms. The van der Waals surface area contributed by atoms with Crippen LogP contribution in [0.2, 0.25) is 0 Å². The Morgan fingerprint density at radius 2 is 1.06 bits per heavy atom. The Kier molecular flexibility index (Phi) is 5.85. The van der Waals surface area contributed by atoms with Crippen LogP contribution in [-0.4, -0.2) is 40.4 Å². The third kappa shape index (κ3) is 4.71. The van der Waals surface area contributed by atoms with Crippen molar-refractivity contribution in [2.75, 3.05) is 0 Å². The van der Waals surface area contributed by atoms with Gasteiger partial charge >= 0.3 is 0 Å². The van der Waals surface area contributed by atoms with Crippen molar-refractivity contribution in [3.63, 3.8) is 0 Å². The van der Waals surface area contributed by atoms with Crippen LogP contribution in [0.5, 0.6) is 0 Å². The maximum absolute atomic E-state index is 4.53. The fourth-order valence-electron chi connectivity index (χ4n) is 3.49. The molecule has 0 fully saturated rings. The van der Waals surface area contributed by atoms with Crippen LogP contribution in [0, 0.1) is 0 Å². The molecule has 3 aromatic carbocycles. The zero-order chi connectivity index (χ0) is 23.3. The monoisotopic (exact) mass is 446 g/mol. The van der Waals surface area contributed by atoms with E-state index >= 15 is 0 Å². The molecule has 0 atom stereocenters. The molecule has 0 aliphatic rings. The van der Waals surface area contributed by atoms with Gasteiger partial charge in [0.15, 0.2) is 0 Å². The van der Waals surface area contributed by atoms with Crippen molar-refractivity contribution in [2.45, 2.75) is 13.1 Å². The number of rotatable bonds is 8. The molecule has 5 aromatic rings. The van der Waals surface area contributed by atoms with Crippen LogP contribution in [0.3, 0.4) is 0 Å². The predicted molar refractivity (Wildman–Crippen MR) is 131 cm³/mol. The molecule has 0 radical (unpaired) electrons. The maximum atomic E-state index is 4.53. The Bertz CT molecular complexity index is 1320. The molecule has 0 spiro atoms. The van der Waals surface area contributed by atoms with Gasteiger partial charge in [0.1, 0.15) is 0 Å². The first-order chi connectivity index (χ1) is 16.7. The third-order valence-electron chi connectivity index (χ3n) is 5.36. The summed E-state index contributed by atoms with van der Waals surface area (Å²) in [6.45, 7) is 8.63. The first kappa shape index (κ1) is 21.1. The molecule has 2 aromatic heterocycles. The second-order valence-electron chi connectivity index (χ2n) is 7.76. The van der Waals surface area contributed by atoms with Gasteiger partial charge in [-0.3, -0.25) is 0 Å². The van der Waals surface area contributed by atoms with Gasteiger partial charge in [0.25, 0.3) is 0 Å². The largest absolute Gasteiger partial charge is 0.204 e. The summed E-state index contributed by atoms with van der Waals surface area (Å²) in [5, 5.41) is 25.9. The highest BCUT2D eigenvalue weighted by Crippen LogP contribution is 2.21. The maximum Gasteiger partial charge on any atom is 0.204 e. The van der Waals surface area contributed by atoms with Crippen molar-refractivity contribution in [3.05, 3.63) is 108 Å². The minimum absolute atomic E-state index is 0.535. The van der Waals surface area contributed by atoms with E-state index in [1.807, 2.05) is 84.9 Å². The van der Waals surface area contributed by atoms with Crippen LogP contribution >= 0.6 is 0 Å². The highest BCUT2D eigenvalue weighted by atomic mass is 15.6. The Balaban J connectivity index is 1.31. The van der Waals surface area contributed by atoms with Gasteiger partial charge in [-0.1, -0.05) is 92.0 Å². The number of benzene rings is 3. The van der Waals surface area contributed by atoms with Gasteiger partial charge in [0.2, 0.25) is 11.6 Å². The predicted octanol–water partition coefficient (Wildman–Crippen LogP) is 4.38. The lowest BCUT2D eigenvalue weighted by atomic mass is 10.1. The van der Waals surface area contributed by atoms with Crippen LogP contribution < -0.4 is 0 Å². The molecule has 2 heterocycles. The smallest absolute Gasteiger partial charge is 0.159 e. The Morgan fingerprint density at radius 3 is 1.47 bits per heavy atom. The topological polar surface area (TPSA) is 87.2 Å². The van der Waals surface area contributed by atoms with E-state index in [0.29, 0.717) is 24.7 Å². The minimum Gasteiger partial charge on any atom is -0.159 e. The second kappa shape index (κ2) is 9.41. The van der Waals surface area contributed by atoms with E-state index in [2.05, 4.69) is 44.0 Å². The van der Waals surface area contributed by atoms with Crippen molar-refractivity contribution >= 4 is 12.2 Å². The van der Waals surface area contributed by atoms with Crippen molar-refractivity contribution in [1.29, 1.82) is 0 Å². The molecule has 8 heteroatoms. The molecule has 0 unspecified atom stereocenters. The van der Waals surface area contributed by atoms with E-state index in [-0.39, 0.29) is 0 Å². The first-order valence-corrected chi connectivity index (χ1v) is 10.8. The minimum atomic E-state index is 0.535. The average molecular weight is 447 g/mol. The van der Waals surface area contributed by atoms with Gasteiger partial charge in [0, 0.05) is 11.1 Å². The van der Waals surface area contributed by atoms with Gasteiger partial charge in [-0.2, -0.15) is 9.59 Å². The number of tetrazole rings is 2. The molecule has 0 saturated heterocycles. The summed E-state index contributed by atoms with van der Waals surface area (Å²) in [5.74, 6) is 1.08. The number of hydrogen-bond acceptors (Lipinski definition) is 6. The van der Waals surface area contributed by atoms with E-state index in [1.54, 1.807) is 9.59 Å². The summed E-state index contributed by atoms with van der Waals surface area (Å²) in [6, 6.07) is 23.9. The lowest BCUT2D eigenvalue weighted by molar-refractivity contribution is 0.573. The van der Waals surface area contributed by atoms with E-state index in [4.69, 9.17) is 0 Å². The molecule has 8 nitrogen and oxygen atoms in total. The molecule has 0 N–H and O–H groups in total. The van der Waals surface area contributed by atoms with Crippen LogP contribution in [0.15, 0.2) is 86.0 Å². The summed E-state index contributed by atoms with van der Waals surface area (Å²) >= 11 is 0. The molecule has 5 rings (SSSR count). The Morgan fingerprint density at radius 1 is 0.618 bits per heavy atom. The summed E-state index contributed by atoms with van der Waals surface area (Å²) in [6.07, 6.45) is 3.63. The molecule has 0 saturated carbocycles. The lowest BCUT2D eigenvalue weighted by Gasteiger charge is -2.01. The standard InChI is InChI=1S/C26H22N8/c1-3-19-8-12-21(13-9-19)17-33-29-25(27-31-33)23-6-5-7-24(16-23)26-28-32-34(30-26)18-22-14-10-20(4-2)11-15-22/h3-16H,1-2,17-18H2. The number of hydrogen-bond donors (Lipinski definition) is 0. The van der Waals surface area contributed by atoms with Crippen molar-refractivity contribution in [3.8, 4) is 22.8 Å². The van der Waals surface area contributed by atoms with E-state index < -0.39 is 0 Å². The highest BCUT2D eigenvalue weighted by Gasteiger charge is 2.11. The normalized spacial score (nSPS) is 10.8. The zero-order valence-corrected chi connectivity index (χ0v) is 18.5. The van der Waals surface area contributed by atoms with Crippen molar-refractivity contribution in [1.82, 2.24) is 40.4 Å². The van der Waals surface area contributed by atoms with Gasteiger partial charge in [-0.05, 0) is 38.7 Å². The first-order valence-electron chi connectivity index (χ1n) is 10.8. The summed E-state index contributed by atoms with van der Waals surface area (Å²) < 4.78 is 0. The van der Waals surface area contributed by atoms with E-state index in [1.165, 1.54) is 0 Å². The van der Waals surface area contributed by atoms with Gasteiger partial charge in [0.05, 0.1) is 13.1 Å². The fourth-order valence-corrected chi connectivity index (χ4v) is 3.49. The van der Waals surface area contributed by atoms with Crippen LogP contribution in [0.25, 0.3) is 34.9 Å². The summed E-state index contributed by atoms with van der Waals surface area (Å²) in [7, 11) is 0. The molecule has 0 amide bonds. The molecule has 0 aliphatic carbocycles. The molecule has 166 valence electrons. The van der Waals surface area contributed by atoms with Gasteiger partial charge in [-0.15, -0.1) is 20.4 Å². The summed E-state index contributed by atoms with van der Waals surface area (Å²) in [4.78, 5) is 3.16. The van der Waals surface area contributed by atoms with Gasteiger partial charge < -0.3 is 0 Å². The fraction of sp³-hybridized carbons (Fsp3) is 0.0769. The molecular formula is C26H22N8. The van der Waals surface area contributed by atoms with E-state index in [9.17, 15) is 0 Å². The second-order valence-corrected chi connectivity index (χ2v) is 7.76. The van der Waals surface area contributed by atoms with Crippen LogP contribution in [0.1, 0.15) is 22.3 Å². The van der Waals surface area contributed by atoms with Gasteiger partial charge in [-0.25, -0.2) is 0 Å². The van der Waals surface area contributed by atoms with Crippen molar-refractivity contribution < 1.29 is 0 Å².